The van der Waals surface area contributed by atoms with Gasteiger partial charge in [0.05, 0.1) is 0 Å². The zero-order valence-corrected chi connectivity index (χ0v) is 6.27. The lowest BCUT2D eigenvalue weighted by Gasteiger charge is -1.95. The number of rotatable bonds is 2. The molecule has 1 aromatic rings. The first kappa shape index (κ1) is 7.54. The molecule has 1 aromatic carbocycles. The van der Waals surface area contributed by atoms with Gasteiger partial charge < -0.3 is 0 Å². The lowest BCUT2D eigenvalue weighted by molar-refractivity contribution is -0.695. The topological polar surface area (TPSA) is 36.9 Å². The van der Waals surface area contributed by atoms with Gasteiger partial charge in [-0.25, -0.2) is 10.7 Å². The highest BCUT2D eigenvalue weighted by Gasteiger charge is 1.92. The van der Waals surface area contributed by atoms with Crippen LogP contribution in [0.4, 0.5) is 0 Å². The van der Waals surface area contributed by atoms with Crippen LogP contribution in [0.15, 0.2) is 24.3 Å². The Morgan fingerprint density at radius 2 is 2.30 bits per heavy atom. The molecule has 54 valence electrons. The summed E-state index contributed by atoms with van der Waals surface area (Å²) in [4.78, 5) is 4.67. The zero-order valence-electron chi connectivity index (χ0n) is 5.51. The predicted octanol–water partition coefficient (Wildman–Crippen LogP) is 1.01. The molecular formula is C7H9ClNO+. The van der Waals surface area contributed by atoms with Crippen molar-refractivity contribution in [2.75, 3.05) is 0 Å². The van der Waals surface area contributed by atoms with E-state index in [0.717, 1.165) is 10.6 Å². The maximum atomic E-state index is 5.70. The molecule has 0 heterocycles. The van der Waals surface area contributed by atoms with Crippen molar-refractivity contribution in [2.24, 2.45) is 0 Å². The maximum absolute atomic E-state index is 5.70. The molecule has 3 heteroatoms. The fraction of sp³-hybridized carbons (Fsp3) is 0.143. The summed E-state index contributed by atoms with van der Waals surface area (Å²) in [6.07, 6.45) is 0. The van der Waals surface area contributed by atoms with Crippen LogP contribution in [0, 0.1) is 0 Å². The summed E-state index contributed by atoms with van der Waals surface area (Å²) in [5, 5.41) is 0.731. The second-order valence-corrected chi connectivity index (χ2v) is 2.41. The first-order valence-electron chi connectivity index (χ1n) is 2.94. The first-order valence-corrected chi connectivity index (χ1v) is 3.32. The van der Waals surface area contributed by atoms with E-state index in [1.165, 1.54) is 0 Å². The Morgan fingerprint density at radius 1 is 1.50 bits per heavy atom. The van der Waals surface area contributed by atoms with Gasteiger partial charge in [0.15, 0.2) is 0 Å². The third-order valence-corrected chi connectivity index (χ3v) is 1.39. The monoisotopic (exact) mass is 158 g/mol. The number of benzene rings is 1. The van der Waals surface area contributed by atoms with E-state index in [0.29, 0.717) is 6.61 Å². The molecule has 0 aliphatic heterocycles. The summed E-state index contributed by atoms with van der Waals surface area (Å²) < 4.78 is 0. The highest BCUT2D eigenvalue weighted by atomic mass is 35.5. The quantitative estimate of drug-likeness (QED) is 0.641. The SMILES string of the molecule is [NH3+]OCc1cccc(Cl)c1. The fourth-order valence-corrected chi connectivity index (χ4v) is 0.957. The summed E-state index contributed by atoms with van der Waals surface area (Å²) >= 11 is 5.70. The van der Waals surface area contributed by atoms with Gasteiger partial charge >= 0.3 is 0 Å². The number of quaternary nitrogens is 1. The van der Waals surface area contributed by atoms with Gasteiger partial charge in [0, 0.05) is 5.02 Å². The summed E-state index contributed by atoms with van der Waals surface area (Å²) in [6.45, 7) is 0.514. The third-order valence-electron chi connectivity index (χ3n) is 1.16. The smallest absolute Gasteiger partial charge is 0.131 e. The summed E-state index contributed by atoms with van der Waals surface area (Å²) in [7, 11) is 0. The van der Waals surface area contributed by atoms with E-state index in [4.69, 9.17) is 11.6 Å². The van der Waals surface area contributed by atoms with E-state index in [9.17, 15) is 0 Å². The molecule has 1 rings (SSSR count). The summed E-state index contributed by atoms with van der Waals surface area (Å²) in [5.41, 5.74) is 1.04. The Kier molecular flexibility index (Phi) is 2.68. The summed E-state index contributed by atoms with van der Waals surface area (Å²) in [5.74, 6) is 3.27. The lowest BCUT2D eigenvalue weighted by atomic mass is 10.2. The molecule has 0 amide bonds. The number of halogens is 1. The molecule has 0 aliphatic rings. The van der Waals surface area contributed by atoms with Crippen LogP contribution in [0.2, 0.25) is 5.02 Å². The third kappa shape index (κ3) is 1.99. The van der Waals surface area contributed by atoms with Crippen molar-refractivity contribution in [3.63, 3.8) is 0 Å². The zero-order chi connectivity index (χ0) is 7.40. The Hall–Kier alpha value is -0.570. The van der Waals surface area contributed by atoms with Crippen LogP contribution in [0.1, 0.15) is 5.56 Å². The van der Waals surface area contributed by atoms with Gasteiger partial charge in [0.25, 0.3) is 0 Å². The van der Waals surface area contributed by atoms with E-state index >= 15 is 0 Å². The summed E-state index contributed by atoms with van der Waals surface area (Å²) in [6, 6.07) is 7.51. The minimum atomic E-state index is 0.514. The van der Waals surface area contributed by atoms with Crippen molar-refractivity contribution >= 4 is 11.6 Å². The Labute approximate surface area is 64.5 Å². The van der Waals surface area contributed by atoms with E-state index in [1.807, 2.05) is 24.3 Å². The maximum Gasteiger partial charge on any atom is 0.131 e. The molecule has 0 aliphatic carbocycles. The second kappa shape index (κ2) is 3.56. The molecule has 0 fully saturated rings. The van der Waals surface area contributed by atoms with Crippen LogP contribution in [0.25, 0.3) is 0 Å². The molecule has 0 bridgehead atoms. The number of hydrogen-bond acceptors (Lipinski definition) is 1. The molecule has 0 spiro atoms. The van der Waals surface area contributed by atoms with Gasteiger partial charge in [-0.1, -0.05) is 23.7 Å². The molecular weight excluding hydrogens is 150 g/mol. The van der Waals surface area contributed by atoms with Crippen LogP contribution in [-0.4, -0.2) is 0 Å². The highest BCUT2D eigenvalue weighted by molar-refractivity contribution is 6.30. The van der Waals surface area contributed by atoms with E-state index in [2.05, 4.69) is 10.7 Å². The van der Waals surface area contributed by atoms with Crippen molar-refractivity contribution in [3.05, 3.63) is 34.9 Å². The molecule has 2 nitrogen and oxygen atoms in total. The van der Waals surface area contributed by atoms with Crippen molar-refractivity contribution in [2.45, 2.75) is 6.61 Å². The second-order valence-electron chi connectivity index (χ2n) is 1.98. The van der Waals surface area contributed by atoms with Gasteiger partial charge in [-0.15, -0.1) is 0 Å². The fourth-order valence-electron chi connectivity index (χ4n) is 0.745. The lowest BCUT2D eigenvalue weighted by Crippen LogP contribution is -2.48. The molecule has 3 N–H and O–H groups in total. The number of hydrogen-bond donors (Lipinski definition) is 1. The molecule has 0 saturated carbocycles. The first-order chi connectivity index (χ1) is 4.83. The van der Waals surface area contributed by atoms with Crippen molar-refractivity contribution in [1.29, 1.82) is 0 Å². The molecule has 0 unspecified atom stereocenters. The van der Waals surface area contributed by atoms with Crippen LogP contribution in [-0.2, 0) is 11.4 Å². The van der Waals surface area contributed by atoms with Gasteiger partial charge in [-0.2, -0.15) is 0 Å². The van der Waals surface area contributed by atoms with Crippen molar-refractivity contribution in [1.82, 2.24) is 0 Å². The Morgan fingerprint density at radius 3 is 2.90 bits per heavy atom. The Bertz CT molecular complexity index is 215. The standard InChI is InChI=1S/C7H9ClNO/c8-7-3-1-2-6(4-7)5-10-9/h1-4H,5H2,9H3/q+1. The van der Waals surface area contributed by atoms with Crippen LogP contribution in [0.5, 0.6) is 0 Å². The average Bonchev–Trinajstić information content (AvgIpc) is 1.88. The van der Waals surface area contributed by atoms with Crippen molar-refractivity contribution in [3.8, 4) is 0 Å². The largest absolute Gasteiger partial charge is 0.212 e. The molecule has 0 radical (unpaired) electrons. The van der Waals surface area contributed by atoms with Crippen LogP contribution < -0.4 is 5.90 Å². The predicted molar refractivity (Wildman–Crippen MR) is 39.1 cm³/mol. The van der Waals surface area contributed by atoms with Crippen LogP contribution >= 0.6 is 11.6 Å². The Balaban J connectivity index is 2.75. The van der Waals surface area contributed by atoms with Gasteiger partial charge in [-0.3, -0.25) is 0 Å². The van der Waals surface area contributed by atoms with Gasteiger partial charge in [0.1, 0.15) is 6.61 Å². The molecule has 0 atom stereocenters. The van der Waals surface area contributed by atoms with Crippen LogP contribution in [0.3, 0.4) is 0 Å². The van der Waals surface area contributed by atoms with E-state index < -0.39 is 0 Å². The van der Waals surface area contributed by atoms with Gasteiger partial charge in [0.2, 0.25) is 0 Å². The van der Waals surface area contributed by atoms with Gasteiger partial charge in [-0.05, 0) is 17.7 Å². The molecule has 0 saturated heterocycles. The minimum absolute atomic E-state index is 0.514. The highest BCUT2D eigenvalue weighted by Crippen LogP contribution is 2.10. The van der Waals surface area contributed by atoms with Crippen molar-refractivity contribution < 1.29 is 10.7 Å². The van der Waals surface area contributed by atoms with E-state index in [-0.39, 0.29) is 0 Å². The molecule has 10 heavy (non-hydrogen) atoms. The van der Waals surface area contributed by atoms with E-state index in [1.54, 1.807) is 0 Å². The minimum Gasteiger partial charge on any atom is -0.212 e. The molecule has 0 aromatic heterocycles. The normalized spacial score (nSPS) is 9.80. The average molecular weight is 159 g/mol.